The zero-order valence-corrected chi connectivity index (χ0v) is 14.5. The van der Waals surface area contributed by atoms with Crippen molar-refractivity contribution in [3.05, 3.63) is 63.1 Å². The van der Waals surface area contributed by atoms with Crippen LogP contribution in [0, 0.1) is 0 Å². The number of hydrogen-bond donors (Lipinski definition) is 1. The molecule has 0 bridgehead atoms. The zero-order chi connectivity index (χ0) is 15.2. The van der Waals surface area contributed by atoms with Gasteiger partial charge in [-0.2, -0.15) is 0 Å². The Morgan fingerprint density at radius 2 is 1.90 bits per heavy atom. The molecule has 21 heavy (non-hydrogen) atoms. The van der Waals surface area contributed by atoms with Gasteiger partial charge >= 0.3 is 0 Å². The Hall–Kier alpha value is -1.03. The predicted molar refractivity (Wildman–Crippen MR) is 92.3 cm³/mol. The van der Waals surface area contributed by atoms with E-state index in [9.17, 15) is 0 Å². The molecule has 0 radical (unpaired) electrons. The molecule has 112 valence electrons. The third kappa shape index (κ3) is 4.47. The summed E-state index contributed by atoms with van der Waals surface area (Å²) < 4.78 is 6.80. The van der Waals surface area contributed by atoms with Crippen molar-refractivity contribution in [2.75, 3.05) is 13.7 Å². The van der Waals surface area contributed by atoms with E-state index in [1.807, 2.05) is 38.2 Å². The van der Waals surface area contributed by atoms with Crippen molar-refractivity contribution in [1.29, 1.82) is 0 Å². The van der Waals surface area contributed by atoms with Gasteiger partial charge in [0.25, 0.3) is 0 Å². The van der Waals surface area contributed by atoms with E-state index in [0.717, 1.165) is 27.2 Å². The monoisotopic (exact) mass is 367 g/mol. The van der Waals surface area contributed by atoms with Gasteiger partial charge in [-0.25, -0.2) is 0 Å². The van der Waals surface area contributed by atoms with E-state index in [4.69, 9.17) is 16.3 Å². The average molecular weight is 369 g/mol. The molecular weight excluding hydrogens is 350 g/mol. The van der Waals surface area contributed by atoms with E-state index in [-0.39, 0.29) is 6.04 Å². The van der Waals surface area contributed by atoms with Gasteiger partial charge in [-0.15, -0.1) is 0 Å². The van der Waals surface area contributed by atoms with Crippen molar-refractivity contribution in [3.63, 3.8) is 0 Å². The molecular formula is C17H19BrClNO. The Bertz CT molecular complexity index is 586. The molecule has 0 saturated carbocycles. The smallest absolute Gasteiger partial charge is 0.124 e. The molecule has 2 nitrogen and oxygen atoms in total. The van der Waals surface area contributed by atoms with Gasteiger partial charge in [-0.1, -0.05) is 39.7 Å². The highest BCUT2D eigenvalue weighted by atomic mass is 79.9. The first-order valence-electron chi connectivity index (χ1n) is 6.98. The zero-order valence-electron chi connectivity index (χ0n) is 12.2. The molecule has 0 fully saturated rings. The molecule has 2 rings (SSSR count). The molecule has 0 heterocycles. The molecule has 1 atom stereocenters. The number of ether oxygens (including phenoxy) is 1. The number of rotatable bonds is 6. The molecule has 1 N–H and O–H groups in total. The molecule has 0 saturated heterocycles. The molecule has 1 unspecified atom stereocenters. The maximum absolute atomic E-state index is 5.94. The fourth-order valence-corrected chi connectivity index (χ4v) is 2.81. The lowest BCUT2D eigenvalue weighted by Crippen LogP contribution is -2.20. The SMILES string of the molecule is CCOc1ccc(Br)cc1C(Cc1ccc(Cl)cc1)NC. The van der Waals surface area contributed by atoms with Crippen molar-refractivity contribution in [2.45, 2.75) is 19.4 Å². The number of nitrogens with one attached hydrogen (secondary N) is 1. The van der Waals surface area contributed by atoms with Crippen LogP contribution in [0.4, 0.5) is 0 Å². The highest BCUT2D eigenvalue weighted by Crippen LogP contribution is 2.30. The fraction of sp³-hybridized carbons (Fsp3) is 0.294. The molecule has 4 heteroatoms. The third-order valence-corrected chi connectivity index (χ3v) is 4.09. The van der Waals surface area contributed by atoms with Gasteiger partial charge in [-0.3, -0.25) is 0 Å². The highest BCUT2D eigenvalue weighted by molar-refractivity contribution is 9.10. The standard InChI is InChI=1S/C17H19BrClNO/c1-3-21-17-9-6-13(18)11-15(17)16(20-2)10-12-4-7-14(19)8-5-12/h4-9,11,16,20H,3,10H2,1-2H3. The van der Waals surface area contributed by atoms with Crippen LogP contribution < -0.4 is 10.1 Å². The van der Waals surface area contributed by atoms with Crippen LogP contribution in [0.1, 0.15) is 24.1 Å². The van der Waals surface area contributed by atoms with Gasteiger partial charge in [0, 0.05) is 21.1 Å². The minimum Gasteiger partial charge on any atom is -0.494 e. The van der Waals surface area contributed by atoms with E-state index in [1.165, 1.54) is 5.56 Å². The van der Waals surface area contributed by atoms with Crippen LogP contribution in [-0.2, 0) is 6.42 Å². The molecule has 2 aromatic rings. The Morgan fingerprint density at radius 3 is 2.52 bits per heavy atom. The summed E-state index contributed by atoms with van der Waals surface area (Å²) in [6, 6.07) is 14.3. The Kier molecular flexibility index (Phi) is 6.09. The summed E-state index contributed by atoms with van der Waals surface area (Å²) in [5.41, 5.74) is 2.39. The number of benzene rings is 2. The maximum Gasteiger partial charge on any atom is 0.124 e. The molecule has 0 aliphatic rings. The first-order valence-corrected chi connectivity index (χ1v) is 8.15. The van der Waals surface area contributed by atoms with Gasteiger partial charge in [0.2, 0.25) is 0 Å². The quantitative estimate of drug-likeness (QED) is 0.774. The van der Waals surface area contributed by atoms with E-state index in [0.29, 0.717) is 6.61 Å². The number of halogens is 2. The van der Waals surface area contributed by atoms with Crippen molar-refractivity contribution >= 4 is 27.5 Å². The second-order valence-corrected chi connectivity index (χ2v) is 6.14. The van der Waals surface area contributed by atoms with Crippen LogP contribution in [0.2, 0.25) is 5.02 Å². The van der Waals surface area contributed by atoms with Crippen LogP contribution in [0.25, 0.3) is 0 Å². The summed E-state index contributed by atoms with van der Waals surface area (Å²) >= 11 is 9.48. The lowest BCUT2D eigenvalue weighted by Gasteiger charge is -2.20. The predicted octanol–water partition coefficient (Wildman–Crippen LogP) is 5.00. The fourth-order valence-electron chi connectivity index (χ4n) is 2.30. The second kappa shape index (κ2) is 7.83. The molecule has 0 amide bonds. The third-order valence-electron chi connectivity index (χ3n) is 3.35. The Morgan fingerprint density at radius 1 is 1.19 bits per heavy atom. The molecule has 0 aromatic heterocycles. The number of likely N-dealkylation sites (N-methyl/N-ethyl adjacent to an activating group) is 1. The normalized spacial score (nSPS) is 12.2. The summed E-state index contributed by atoms with van der Waals surface area (Å²) in [4.78, 5) is 0. The van der Waals surface area contributed by atoms with E-state index in [1.54, 1.807) is 0 Å². The molecule has 0 aliphatic carbocycles. The van der Waals surface area contributed by atoms with Crippen molar-refractivity contribution in [2.24, 2.45) is 0 Å². The van der Waals surface area contributed by atoms with Gasteiger partial charge < -0.3 is 10.1 Å². The average Bonchev–Trinajstić information content (AvgIpc) is 2.49. The summed E-state index contributed by atoms with van der Waals surface area (Å²) in [5.74, 6) is 0.925. The molecule has 0 aliphatic heterocycles. The van der Waals surface area contributed by atoms with E-state index >= 15 is 0 Å². The van der Waals surface area contributed by atoms with Crippen LogP contribution in [0.5, 0.6) is 5.75 Å². The molecule has 0 spiro atoms. The Labute approximate surface area is 139 Å². The summed E-state index contributed by atoms with van der Waals surface area (Å²) in [6.07, 6.45) is 0.879. The van der Waals surface area contributed by atoms with E-state index in [2.05, 4.69) is 39.4 Å². The first-order chi connectivity index (χ1) is 10.1. The minimum atomic E-state index is 0.185. The van der Waals surface area contributed by atoms with Gasteiger partial charge in [0.05, 0.1) is 6.61 Å². The van der Waals surface area contributed by atoms with Gasteiger partial charge in [0.1, 0.15) is 5.75 Å². The van der Waals surface area contributed by atoms with Crippen molar-refractivity contribution in [3.8, 4) is 5.75 Å². The Balaban J connectivity index is 2.27. The first kappa shape index (κ1) is 16.3. The largest absolute Gasteiger partial charge is 0.494 e. The van der Waals surface area contributed by atoms with Crippen LogP contribution in [0.15, 0.2) is 46.9 Å². The van der Waals surface area contributed by atoms with Gasteiger partial charge in [0.15, 0.2) is 0 Å². The lowest BCUT2D eigenvalue weighted by molar-refractivity contribution is 0.332. The lowest BCUT2D eigenvalue weighted by atomic mass is 9.98. The summed E-state index contributed by atoms with van der Waals surface area (Å²) in [5, 5.41) is 4.13. The van der Waals surface area contributed by atoms with E-state index < -0.39 is 0 Å². The van der Waals surface area contributed by atoms with Crippen LogP contribution in [-0.4, -0.2) is 13.7 Å². The van der Waals surface area contributed by atoms with Crippen molar-refractivity contribution in [1.82, 2.24) is 5.32 Å². The molecule has 2 aromatic carbocycles. The van der Waals surface area contributed by atoms with Crippen LogP contribution >= 0.6 is 27.5 Å². The highest BCUT2D eigenvalue weighted by Gasteiger charge is 2.16. The van der Waals surface area contributed by atoms with Crippen LogP contribution in [0.3, 0.4) is 0 Å². The number of hydrogen-bond acceptors (Lipinski definition) is 2. The van der Waals surface area contributed by atoms with Gasteiger partial charge in [-0.05, 0) is 56.3 Å². The summed E-state index contributed by atoms with van der Waals surface area (Å²) in [6.45, 7) is 2.66. The minimum absolute atomic E-state index is 0.185. The maximum atomic E-state index is 5.94. The van der Waals surface area contributed by atoms with Crippen molar-refractivity contribution < 1.29 is 4.74 Å². The second-order valence-electron chi connectivity index (χ2n) is 4.79. The topological polar surface area (TPSA) is 21.3 Å². The summed E-state index contributed by atoms with van der Waals surface area (Å²) in [7, 11) is 1.97.